The van der Waals surface area contributed by atoms with Crippen molar-refractivity contribution in [1.29, 1.82) is 0 Å². The summed E-state index contributed by atoms with van der Waals surface area (Å²) < 4.78 is 33.1. The minimum atomic E-state index is -2.75. The van der Waals surface area contributed by atoms with E-state index in [1.807, 2.05) is 0 Å². The second-order valence-corrected chi connectivity index (χ2v) is 6.46. The number of carbonyl (C=O) groups is 1. The molecule has 1 amide bonds. The average molecular weight is 402 g/mol. The van der Waals surface area contributed by atoms with Gasteiger partial charge in [0, 0.05) is 30.7 Å². The van der Waals surface area contributed by atoms with Gasteiger partial charge in [0.2, 0.25) is 0 Å². The number of amides is 1. The Labute approximate surface area is 158 Å². The Morgan fingerprint density at radius 2 is 2.26 bits per heavy atom. The molecule has 8 nitrogen and oxygen atoms in total. The van der Waals surface area contributed by atoms with E-state index in [1.165, 1.54) is 11.9 Å². The zero-order valence-corrected chi connectivity index (χ0v) is 15.2. The first-order valence-electron chi connectivity index (χ1n) is 8.15. The molecule has 0 spiro atoms. The molecule has 2 heterocycles. The molecule has 1 aromatic heterocycles. The number of aromatic nitrogens is 3. The van der Waals surface area contributed by atoms with Crippen molar-refractivity contribution in [2.75, 3.05) is 13.1 Å². The molecular formula is C16H18ClF2N5O3. The van der Waals surface area contributed by atoms with Gasteiger partial charge in [0.1, 0.15) is 23.7 Å². The minimum absolute atomic E-state index is 0.00592. The van der Waals surface area contributed by atoms with E-state index in [-0.39, 0.29) is 31.1 Å². The van der Waals surface area contributed by atoms with Crippen molar-refractivity contribution in [3.05, 3.63) is 39.7 Å². The fourth-order valence-corrected chi connectivity index (χ4v) is 3.56. The van der Waals surface area contributed by atoms with Crippen LogP contribution in [0.4, 0.5) is 13.6 Å². The van der Waals surface area contributed by atoms with E-state index in [9.17, 15) is 18.7 Å². The summed E-state index contributed by atoms with van der Waals surface area (Å²) in [6.07, 6.45) is -3.44. The highest BCUT2D eigenvalue weighted by Crippen LogP contribution is 2.40. The largest absolute Gasteiger partial charge is 0.487 e. The lowest BCUT2D eigenvalue weighted by Gasteiger charge is -2.36. The van der Waals surface area contributed by atoms with Crippen LogP contribution in [0.2, 0.25) is 5.02 Å². The summed E-state index contributed by atoms with van der Waals surface area (Å²) >= 11 is 6.26. The first-order valence-corrected chi connectivity index (χ1v) is 8.53. The van der Waals surface area contributed by atoms with Crippen LogP contribution >= 0.6 is 11.6 Å². The Balaban J connectivity index is 1.95. The van der Waals surface area contributed by atoms with Gasteiger partial charge >= 0.3 is 6.09 Å². The Morgan fingerprint density at radius 3 is 2.89 bits per heavy atom. The van der Waals surface area contributed by atoms with Crippen LogP contribution in [-0.4, -0.2) is 44.2 Å². The van der Waals surface area contributed by atoms with Gasteiger partial charge in [-0.15, -0.1) is 5.10 Å². The second kappa shape index (κ2) is 7.65. The Kier molecular flexibility index (Phi) is 5.47. The van der Waals surface area contributed by atoms with Crippen LogP contribution in [0.25, 0.3) is 0 Å². The molecular weight excluding hydrogens is 384 g/mol. The van der Waals surface area contributed by atoms with Crippen LogP contribution in [-0.2, 0) is 20.1 Å². The molecule has 1 atom stereocenters. The van der Waals surface area contributed by atoms with E-state index >= 15 is 0 Å². The number of nitrogens with zero attached hydrogens (tertiary/aromatic N) is 4. The third-order valence-electron chi connectivity index (χ3n) is 4.56. The predicted octanol–water partition coefficient (Wildman–Crippen LogP) is 2.52. The number of hydrogen-bond donors (Lipinski definition) is 2. The number of aryl methyl sites for hydroxylation is 1. The fraction of sp³-hybridized carbons (Fsp3) is 0.438. The van der Waals surface area contributed by atoms with Gasteiger partial charge in [-0.3, -0.25) is 4.90 Å². The molecule has 1 aromatic carbocycles. The molecule has 0 fully saturated rings. The molecule has 0 radical (unpaired) electrons. The topological polar surface area (TPSA) is 106 Å². The smallest absolute Gasteiger partial charge is 0.407 e. The number of hydrogen-bond acceptors (Lipinski definition) is 5. The quantitative estimate of drug-likeness (QED) is 0.797. The average Bonchev–Trinajstić information content (AvgIpc) is 3.00. The summed E-state index contributed by atoms with van der Waals surface area (Å²) in [4.78, 5) is 12.7. The fourth-order valence-electron chi connectivity index (χ4n) is 3.30. The summed E-state index contributed by atoms with van der Waals surface area (Å²) in [5.74, 6) is 0.335. The first kappa shape index (κ1) is 19.3. The standard InChI is InChI=1S/C16H18ClF2N5O3/c1-23-14(15(18)19)10(21-22-23)7-27-12-3-2-9(17)8-4-5-24(16(25)26)11(6-20)13(8)12/h2-3,11,15H,4-7,20H2,1H3,(H,25,26)/t11-/m1/s1. The van der Waals surface area contributed by atoms with Crippen molar-refractivity contribution in [3.63, 3.8) is 0 Å². The van der Waals surface area contributed by atoms with Gasteiger partial charge in [-0.25, -0.2) is 18.3 Å². The highest BCUT2D eigenvalue weighted by molar-refractivity contribution is 6.31. The van der Waals surface area contributed by atoms with Crippen LogP contribution in [0.1, 0.15) is 35.0 Å². The number of rotatable bonds is 5. The van der Waals surface area contributed by atoms with Gasteiger partial charge in [0.25, 0.3) is 6.43 Å². The lowest BCUT2D eigenvalue weighted by Crippen LogP contribution is -2.42. The van der Waals surface area contributed by atoms with E-state index < -0.39 is 18.6 Å². The van der Waals surface area contributed by atoms with Gasteiger partial charge in [-0.2, -0.15) is 0 Å². The van der Waals surface area contributed by atoms with Crippen molar-refractivity contribution < 1.29 is 23.4 Å². The molecule has 11 heteroatoms. The van der Waals surface area contributed by atoms with Gasteiger partial charge in [0.05, 0.1) is 6.04 Å². The lowest BCUT2D eigenvalue weighted by molar-refractivity contribution is 0.120. The normalized spacial score (nSPS) is 16.5. The Bertz CT molecular complexity index is 861. The number of fused-ring (bicyclic) bond motifs is 1. The maximum Gasteiger partial charge on any atom is 0.407 e. The van der Waals surface area contributed by atoms with E-state index in [2.05, 4.69) is 10.3 Å². The molecule has 0 unspecified atom stereocenters. The molecule has 3 rings (SSSR count). The number of carboxylic acid groups (broad SMARTS) is 1. The monoisotopic (exact) mass is 401 g/mol. The molecule has 146 valence electrons. The van der Waals surface area contributed by atoms with Gasteiger partial charge in [-0.05, 0) is 24.1 Å². The summed E-state index contributed by atoms with van der Waals surface area (Å²) in [6.45, 7) is 0.0441. The van der Waals surface area contributed by atoms with E-state index in [0.29, 0.717) is 22.8 Å². The predicted molar refractivity (Wildman–Crippen MR) is 92.0 cm³/mol. The summed E-state index contributed by atoms with van der Waals surface area (Å²) in [6, 6.07) is 2.56. The van der Waals surface area contributed by atoms with Crippen molar-refractivity contribution >= 4 is 17.7 Å². The molecule has 0 bridgehead atoms. The van der Waals surface area contributed by atoms with Gasteiger partial charge < -0.3 is 15.6 Å². The third-order valence-corrected chi connectivity index (χ3v) is 4.91. The molecule has 2 aromatic rings. The van der Waals surface area contributed by atoms with Crippen molar-refractivity contribution in [1.82, 2.24) is 19.9 Å². The Morgan fingerprint density at radius 1 is 1.52 bits per heavy atom. The van der Waals surface area contributed by atoms with Crippen molar-refractivity contribution in [2.24, 2.45) is 12.8 Å². The maximum atomic E-state index is 13.2. The molecule has 1 aliphatic heterocycles. The highest BCUT2D eigenvalue weighted by atomic mass is 35.5. The highest BCUT2D eigenvalue weighted by Gasteiger charge is 2.34. The lowest BCUT2D eigenvalue weighted by atomic mass is 9.91. The third kappa shape index (κ3) is 3.54. The molecule has 27 heavy (non-hydrogen) atoms. The first-order chi connectivity index (χ1) is 12.8. The van der Waals surface area contributed by atoms with Gasteiger partial charge in [0.15, 0.2) is 0 Å². The summed E-state index contributed by atoms with van der Waals surface area (Å²) in [5, 5.41) is 17.2. The van der Waals surface area contributed by atoms with E-state index in [4.69, 9.17) is 22.1 Å². The zero-order valence-electron chi connectivity index (χ0n) is 14.4. The van der Waals surface area contributed by atoms with Crippen molar-refractivity contribution in [2.45, 2.75) is 25.5 Å². The van der Waals surface area contributed by atoms with Crippen LogP contribution in [0, 0.1) is 0 Å². The number of ether oxygens (including phenoxy) is 1. The SMILES string of the molecule is Cn1nnc(COc2ccc(Cl)c3c2[C@@H](CN)N(C(=O)O)CC3)c1C(F)F. The molecule has 0 aliphatic carbocycles. The number of nitrogens with two attached hydrogens (primary N) is 1. The molecule has 1 aliphatic rings. The molecule has 0 saturated carbocycles. The Hall–Kier alpha value is -2.46. The summed E-state index contributed by atoms with van der Waals surface area (Å²) in [5.41, 5.74) is 6.79. The zero-order chi connectivity index (χ0) is 19.7. The van der Waals surface area contributed by atoms with Crippen LogP contribution in [0.3, 0.4) is 0 Å². The van der Waals surface area contributed by atoms with Crippen LogP contribution in [0.15, 0.2) is 12.1 Å². The van der Waals surface area contributed by atoms with Crippen LogP contribution < -0.4 is 10.5 Å². The van der Waals surface area contributed by atoms with Crippen LogP contribution in [0.5, 0.6) is 5.75 Å². The number of alkyl halides is 2. The van der Waals surface area contributed by atoms with E-state index in [0.717, 1.165) is 10.2 Å². The summed E-state index contributed by atoms with van der Waals surface area (Å²) in [7, 11) is 1.37. The number of benzene rings is 1. The minimum Gasteiger partial charge on any atom is -0.487 e. The molecule has 0 saturated heterocycles. The second-order valence-electron chi connectivity index (χ2n) is 6.05. The molecule has 3 N–H and O–H groups in total. The number of halogens is 3. The van der Waals surface area contributed by atoms with E-state index in [1.54, 1.807) is 12.1 Å². The maximum absolute atomic E-state index is 13.2. The van der Waals surface area contributed by atoms with Crippen molar-refractivity contribution in [3.8, 4) is 5.75 Å². The van der Waals surface area contributed by atoms with Gasteiger partial charge in [-0.1, -0.05) is 16.8 Å².